The summed E-state index contributed by atoms with van der Waals surface area (Å²) >= 11 is 0. The number of anilines is 1. The molecule has 0 saturated heterocycles. The molecule has 2 aromatic carbocycles. The molecule has 0 aliphatic carbocycles. The van der Waals surface area contributed by atoms with Gasteiger partial charge < -0.3 is 14.8 Å². The molecule has 2 aromatic rings. The molecule has 9 heteroatoms. The molecule has 0 spiro atoms. The molecule has 0 bridgehead atoms. The Morgan fingerprint density at radius 1 is 1.00 bits per heavy atom. The van der Waals surface area contributed by atoms with Crippen molar-refractivity contribution in [2.45, 2.75) is 24.8 Å². The molecule has 0 aromatic heterocycles. The fraction of sp³-hybridized carbons (Fsp3) is 0.263. The summed E-state index contributed by atoms with van der Waals surface area (Å²) in [4.78, 5) is 23.7. The monoisotopic (exact) mass is 406 g/mol. The summed E-state index contributed by atoms with van der Waals surface area (Å²) < 4.78 is 37.7. The highest BCUT2D eigenvalue weighted by molar-refractivity contribution is 7.89. The molecule has 1 atom stereocenters. The maximum Gasteiger partial charge on any atom is 0.242 e. The highest BCUT2D eigenvalue weighted by atomic mass is 32.2. The summed E-state index contributed by atoms with van der Waals surface area (Å²) in [5.74, 6) is -0.0656. The fourth-order valence-electron chi connectivity index (χ4n) is 2.40. The van der Waals surface area contributed by atoms with Gasteiger partial charge in [-0.25, -0.2) is 8.42 Å². The zero-order valence-electron chi connectivity index (χ0n) is 16.0. The van der Waals surface area contributed by atoms with Gasteiger partial charge >= 0.3 is 0 Å². The van der Waals surface area contributed by atoms with Gasteiger partial charge in [-0.15, -0.1) is 0 Å². The molecule has 2 rings (SSSR count). The van der Waals surface area contributed by atoms with Crippen LogP contribution in [-0.4, -0.2) is 40.4 Å². The van der Waals surface area contributed by atoms with E-state index in [0.29, 0.717) is 17.0 Å². The van der Waals surface area contributed by atoms with Crippen LogP contribution in [0.4, 0.5) is 5.69 Å². The predicted molar refractivity (Wildman–Crippen MR) is 104 cm³/mol. The van der Waals surface area contributed by atoms with E-state index in [-0.39, 0.29) is 16.4 Å². The first-order chi connectivity index (χ1) is 13.2. The third-order valence-corrected chi connectivity index (χ3v) is 5.47. The smallest absolute Gasteiger partial charge is 0.242 e. The van der Waals surface area contributed by atoms with Crippen LogP contribution >= 0.6 is 0 Å². The van der Waals surface area contributed by atoms with E-state index < -0.39 is 22.0 Å². The van der Waals surface area contributed by atoms with Crippen LogP contribution in [0.25, 0.3) is 0 Å². The maximum atomic E-state index is 12.6. The SMILES string of the molecule is COc1ccc(S(=O)(=O)N[C@@H](C)C(=O)Nc2cccc(C(C)=O)c2)cc1OC. The Morgan fingerprint density at radius 3 is 2.29 bits per heavy atom. The summed E-state index contributed by atoms with van der Waals surface area (Å²) in [6, 6.07) is 9.46. The Balaban J connectivity index is 2.14. The van der Waals surface area contributed by atoms with Gasteiger partial charge in [-0.2, -0.15) is 4.72 Å². The molecule has 8 nitrogen and oxygen atoms in total. The maximum absolute atomic E-state index is 12.6. The number of ketones is 1. The number of rotatable bonds is 8. The summed E-state index contributed by atoms with van der Waals surface area (Å²) in [6.07, 6.45) is 0. The van der Waals surface area contributed by atoms with Crippen molar-refractivity contribution < 1.29 is 27.5 Å². The summed E-state index contributed by atoms with van der Waals surface area (Å²) in [7, 11) is -1.14. The minimum atomic E-state index is -3.98. The Morgan fingerprint density at radius 2 is 1.68 bits per heavy atom. The van der Waals surface area contributed by atoms with Crippen LogP contribution in [0.3, 0.4) is 0 Å². The largest absolute Gasteiger partial charge is 0.493 e. The first-order valence-corrected chi connectivity index (χ1v) is 9.82. The van der Waals surface area contributed by atoms with Crippen LogP contribution in [0, 0.1) is 0 Å². The van der Waals surface area contributed by atoms with Gasteiger partial charge in [-0.3, -0.25) is 9.59 Å². The highest BCUT2D eigenvalue weighted by Crippen LogP contribution is 2.29. The molecule has 2 N–H and O–H groups in total. The molecular formula is C19H22N2O6S. The minimum Gasteiger partial charge on any atom is -0.493 e. The summed E-state index contributed by atoms with van der Waals surface area (Å²) in [5, 5.41) is 2.59. The number of hydrogen-bond acceptors (Lipinski definition) is 6. The van der Waals surface area contributed by atoms with E-state index in [9.17, 15) is 18.0 Å². The van der Waals surface area contributed by atoms with Gasteiger partial charge in [0.25, 0.3) is 0 Å². The van der Waals surface area contributed by atoms with Gasteiger partial charge in [-0.1, -0.05) is 12.1 Å². The van der Waals surface area contributed by atoms with Crippen molar-refractivity contribution in [2.24, 2.45) is 0 Å². The van der Waals surface area contributed by atoms with E-state index in [2.05, 4.69) is 10.0 Å². The number of sulfonamides is 1. The molecule has 0 heterocycles. The van der Waals surface area contributed by atoms with E-state index in [1.54, 1.807) is 18.2 Å². The number of carbonyl (C=O) groups is 2. The first kappa shape index (κ1) is 21.4. The van der Waals surface area contributed by atoms with E-state index in [4.69, 9.17) is 9.47 Å². The van der Waals surface area contributed by atoms with E-state index in [1.807, 2.05) is 0 Å². The van der Waals surface area contributed by atoms with E-state index in [1.165, 1.54) is 52.3 Å². The lowest BCUT2D eigenvalue weighted by Crippen LogP contribution is -2.41. The number of Topliss-reactive ketones (excluding diaryl/α,β-unsaturated/α-hetero) is 1. The van der Waals surface area contributed by atoms with Gasteiger partial charge in [0.15, 0.2) is 17.3 Å². The van der Waals surface area contributed by atoms with E-state index in [0.717, 1.165) is 0 Å². The lowest BCUT2D eigenvalue weighted by atomic mass is 10.1. The third-order valence-electron chi connectivity index (χ3n) is 3.93. The Hall–Kier alpha value is -2.91. The summed E-state index contributed by atoms with van der Waals surface area (Å²) in [6.45, 7) is 2.84. The molecule has 1 amide bonds. The minimum absolute atomic E-state index is 0.0663. The van der Waals surface area contributed by atoms with Crippen molar-refractivity contribution in [3.05, 3.63) is 48.0 Å². The lowest BCUT2D eigenvalue weighted by Gasteiger charge is -2.16. The molecule has 28 heavy (non-hydrogen) atoms. The van der Waals surface area contributed by atoms with Gasteiger partial charge in [0.2, 0.25) is 15.9 Å². The van der Waals surface area contributed by atoms with Gasteiger partial charge in [0, 0.05) is 17.3 Å². The number of hydrogen-bond donors (Lipinski definition) is 2. The van der Waals surface area contributed by atoms with Crippen LogP contribution < -0.4 is 19.5 Å². The van der Waals surface area contributed by atoms with Crippen LogP contribution in [0.15, 0.2) is 47.4 Å². The molecule has 150 valence electrons. The first-order valence-electron chi connectivity index (χ1n) is 8.34. The Labute approximate surface area is 163 Å². The van der Waals surface area contributed by atoms with Crippen molar-refractivity contribution in [3.63, 3.8) is 0 Å². The zero-order chi connectivity index (χ0) is 20.9. The second-order valence-corrected chi connectivity index (χ2v) is 7.70. The number of ether oxygens (including phenoxy) is 2. The van der Waals surface area contributed by atoms with Crippen LogP contribution in [-0.2, 0) is 14.8 Å². The zero-order valence-corrected chi connectivity index (χ0v) is 16.8. The fourth-order valence-corrected chi connectivity index (χ4v) is 3.62. The van der Waals surface area contributed by atoms with Crippen molar-refractivity contribution in [1.82, 2.24) is 4.72 Å². The van der Waals surface area contributed by atoms with Crippen molar-refractivity contribution in [2.75, 3.05) is 19.5 Å². The third kappa shape index (κ3) is 5.08. The molecule has 0 unspecified atom stereocenters. The lowest BCUT2D eigenvalue weighted by molar-refractivity contribution is -0.117. The number of benzene rings is 2. The molecule has 0 aliphatic heterocycles. The van der Waals surface area contributed by atoms with Crippen molar-refractivity contribution >= 4 is 27.4 Å². The Kier molecular flexibility index (Phi) is 6.76. The van der Waals surface area contributed by atoms with Gasteiger partial charge in [-0.05, 0) is 38.1 Å². The van der Waals surface area contributed by atoms with Crippen LogP contribution in [0.5, 0.6) is 11.5 Å². The van der Waals surface area contributed by atoms with Crippen molar-refractivity contribution in [3.8, 4) is 11.5 Å². The molecular weight excluding hydrogens is 384 g/mol. The normalized spacial score (nSPS) is 12.1. The van der Waals surface area contributed by atoms with Crippen LogP contribution in [0.1, 0.15) is 24.2 Å². The quantitative estimate of drug-likeness (QED) is 0.651. The Bertz CT molecular complexity index is 988. The molecule has 0 fully saturated rings. The molecule has 0 saturated carbocycles. The standard InChI is InChI=1S/C19H22N2O6S/c1-12(19(23)20-15-7-5-6-14(10-15)13(2)22)21-28(24,25)16-8-9-17(26-3)18(11-16)27-4/h5-12,21H,1-4H3,(H,20,23)/t12-/m0/s1. The van der Waals surface area contributed by atoms with E-state index >= 15 is 0 Å². The topological polar surface area (TPSA) is 111 Å². The van der Waals surface area contributed by atoms with Crippen LogP contribution in [0.2, 0.25) is 0 Å². The average Bonchev–Trinajstić information content (AvgIpc) is 2.67. The predicted octanol–water partition coefficient (Wildman–Crippen LogP) is 2.21. The highest BCUT2D eigenvalue weighted by Gasteiger charge is 2.23. The summed E-state index contributed by atoms with van der Waals surface area (Å²) in [5.41, 5.74) is 0.839. The van der Waals surface area contributed by atoms with Gasteiger partial charge in [0.05, 0.1) is 25.2 Å². The molecule has 0 radical (unpaired) electrons. The van der Waals surface area contributed by atoms with Crippen molar-refractivity contribution in [1.29, 1.82) is 0 Å². The number of nitrogens with one attached hydrogen (secondary N) is 2. The second kappa shape index (κ2) is 8.85. The number of amides is 1. The van der Waals surface area contributed by atoms with Gasteiger partial charge in [0.1, 0.15) is 0 Å². The average molecular weight is 406 g/mol. The number of carbonyl (C=O) groups excluding carboxylic acids is 2. The number of methoxy groups -OCH3 is 2. The second-order valence-electron chi connectivity index (χ2n) is 5.99. The molecule has 0 aliphatic rings.